The number of sulfonamides is 1. The van der Waals surface area contributed by atoms with Gasteiger partial charge in [0.15, 0.2) is 0 Å². The third-order valence-electron chi connectivity index (χ3n) is 6.32. The highest BCUT2D eigenvalue weighted by Crippen LogP contribution is 2.20. The van der Waals surface area contributed by atoms with Gasteiger partial charge in [0, 0.05) is 40.0 Å². The smallest absolute Gasteiger partial charge is 0.242 e. The van der Waals surface area contributed by atoms with Gasteiger partial charge in [0.1, 0.15) is 11.8 Å². The molecular weight excluding hydrogens is 502 g/mol. The number of rotatable bonds is 13. The molecule has 0 saturated heterocycles. The molecule has 0 unspecified atom stereocenters. The Bertz CT molecular complexity index is 1300. The lowest BCUT2D eigenvalue weighted by Crippen LogP contribution is -2.49. The second kappa shape index (κ2) is 13.7. The maximum absolute atomic E-state index is 13.6. The van der Waals surface area contributed by atoms with Gasteiger partial charge in [-0.05, 0) is 41.8 Å². The number of hydrogen-bond acceptors (Lipinski definition) is 5. The Kier molecular flexibility index (Phi) is 10.4. The van der Waals surface area contributed by atoms with Gasteiger partial charge in [0.2, 0.25) is 21.8 Å². The molecule has 0 spiro atoms. The summed E-state index contributed by atoms with van der Waals surface area (Å²) in [5.74, 6) is 0.152. The van der Waals surface area contributed by atoms with Crippen LogP contribution in [0.2, 0.25) is 0 Å². The van der Waals surface area contributed by atoms with Crippen LogP contribution in [0, 0.1) is 0 Å². The molecule has 9 heteroatoms. The van der Waals surface area contributed by atoms with Gasteiger partial charge in [-0.25, -0.2) is 12.7 Å². The minimum atomic E-state index is -3.66. The van der Waals surface area contributed by atoms with Crippen molar-refractivity contribution in [1.82, 2.24) is 14.5 Å². The van der Waals surface area contributed by atoms with Crippen molar-refractivity contribution in [2.75, 3.05) is 27.7 Å². The number of nitrogens with one attached hydrogen (secondary N) is 1. The highest BCUT2D eigenvalue weighted by molar-refractivity contribution is 7.89. The Balaban J connectivity index is 1.80. The first-order valence-electron chi connectivity index (χ1n) is 12.5. The van der Waals surface area contributed by atoms with Crippen LogP contribution in [0.3, 0.4) is 0 Å². The molecule has 8 nitrogen and oxygen atoms in total. The maximum atomic E-state index is 13.6. The first-order valence-corrected chi connectivity index (χ1v) is 13.9. The average molecular weight is 538 g/mol. The molecule has 38 heavy (non-hydrogen) atoms. The SMILES string of the molecule is CNC(=O)[C@H](Cc1ccccc1)N(Cc1cccc(OC)c1)C(=O)CCCN(C)S(=O)(=O)c1ccccc1. The molecule has 1 atom stereocenters. The van der Waals surface area contributed by atoms with Crippen molar-refractivity contribution in [3.05, 3.63) is 96.1 Å². The fourth-order valence-corrected chi connectivity index (χ4v) is 5.41. The maximum Gasteiger partial charge on any atom is 0.242 e. The second-order valence-electron chi connectivity index (χ2n) is 8.94. The summed E-state index contributed by atoms with van der Waals surface area (Å²) >= 11 is 0. The summed E-state index contributed by atoms with van der Waals surface area (Å²) in [5, 5.41) is 2.70. The number of carbonyl (C=O) groups is 2. The molecule has 0 fully saturated rings. The Labute approximate surface area is 225 Å². The lowest BCUT2D eigenvalue weighted by Gasteiger charge is -2.31. The number of carbonyl (C=O) groups excluding carboxylic acids is 2. The van der Waals surface area contributed by atoms with Gasteiger partial charge in [-0.15, -0.1) is 0 Å². The summed E-state index contributed by atoms with van der Waals surface area (Å²) < 4.78 is 32.3. The van der Waals surface area contributed by atoms with Crippen molar-refractivity contribution in [2.24, 2.45) is 0 Å². The predicted molar refractivity (Wildman–Crippen MR) is 147 cm³/mol. The van der Waals surface area contributed by atoms with E-state index in [0.717, 1.165) is 11.1 Å². The van der Waals surface area contributed by atoms with Gasteiger partial charge in [-0.3, -0.25) is 9.59 Å². The molecule has 0 heterocycles. The Morgan fingerprint density at radius 2 is 1.55 bits per heavy atom. The average Bonchev–Trinajstić information content (AvgIpc) is 2.95. The molecule has 202 valence electrons. The molecule has 3 rings (SSSR count). The van der Waals surface area contributed by atoms with Crippen LogP contribution in [0.4, 0.5) is 0 Å². The fourth-order valence-electron chi connectivity index (χ4n) is 4.18. The van der Waals surface area contributed by atoms with Gasteiger partial charge in [-0.1, -0.05) is 60.7 Å². The minimum Gasteiger partial charge on any atom is -0.497 e. The Morgan fingerprint density at radius 3 is 2.18 bits per heavy atom. The van der Waals surface area contributed by atoms with E-state index in [-0.39, 0.29) is 36.2 Å². The summed E-state index contributed by atoms with van der Waals surface area (Å²) in [6.45, 7) is 0.373. The number of nitrogens with zero attached hydrogens (tertiary/aromatic N) is 2. The largest absolute Gasteiger partial charge is 0.497 e. The number of ether oxygens (including phenoxy) is 1. The number of likely N-dealkylation sites (N-methyl/N-ethyl adjacent to an activating group) is 1. The van der Waals surface area contributed by atoms with Crippen molar-refractivity contribution in [2.45, 2.75) is 36.7 Å². The molecule has 0 saturated carbocycles. The lowest BCUT2D eigenvalue weighted by molar-refractivity contribution is -0.141. The molecule has 0 aliphatic carbocycles. The predicted octanol–water partition coefficient (Wildman–Crippen LogP) is 3.48. The first-order chi connectivity index (χ1) is 18.3. The number of hydrogen-bond donors (Lipinski definition) is 1. The number of amides is 2. The van der Waals surface area contributed by atoms with E-state index in [4.69, 9.17) is 4.74 Å². The summed E-state index contributed by atoms with van der Waals surface area (Å²) in [5.41, 5.74) is 1.75. The normalized spacial score (nSPS) is 12.1. The van der Waals surface area contributed by atoms with Crippen molar-refractivity contribution in [3.8, 4) is 5.75 Å². The Hall–Kier alpha value is -3.69. The van der Waals surface area contributed by atoms with Crippen LogP contribution in [0.5, 0.6) is 5.75 Å². The van der Waals surface area contributed by atoms with E-state index in [0.29, 0.717) is 18.6 Å². The standard InChI is InChI=1S/C29H35N3O5S/c1-30-29(34)27(21-23-12-6-4-7-13-23)32(22-24-14-10-15-25(20-24)37-3)28(33)18-11-19-31(2)38(35,36)26-16-8-5-9-17-26/h4-10,12-17,20,27H,11,18-19,21-22H2,1-3H3,(H,30,34)/t27-/m0/s1. The number of benzene rings is 3. The number of methoxy groups -OCH3 is 1. The molecule has 1 N–H and O–H groups in total. The van der Waals surface area contributed by atoms with Crippen LogP contribution in [0.1, 0.15) is 24.0 Å². The van der Waals surface area contributed by atoms with E-state index in [2.05, 4.69) is 5.32 Å². The Morgan fingerprint density at radius 1 is 0.921 bits per heavy atom. The summed E-state index contributed by atoms with van der Waals surface area (Å²) in [6, 6.07) is 24.4. The molecule has 0 bridgehead atoms. The summed E-state index contributed by atoms with van der Waals surface area (Å²) in [7, 11) is 0.974. The van der Waals surface area contributed by atoms with E-state index in [1.807, 2.05) is 54.6 Å². The zero-order valence-electron chi connectivity index (χ0n) is 22.0. The van der Waals surface area contributed by atoms with E-state index < -0.39 is 16.1 Å². The van der Waals surface area contributed by atoms with E-state index in [9.17, 15) is 18.0 Å². The third-order valence-corrected chi connectivity index (χ3v) is 8.19. The second-order valence-corrected chi connectivity index (χ2v) is 11.0. The van der Waals surface area contributed by atoms with Gasteiger partial charge >= 0.3 is 0 Å². The highest BCUT2D eigenvalue weighted by Gasteiger charge is 2.30. The zero-order valence-corrected chi connectivity index (χ0v) is 22.9. The van der Waals surface area contributed by atoms with Gasteiger partial charge < -0.3 is 15.0 Å². The van der Waals surface area contributed by atoms with Crippen LogP contribution in [0.25, 0.3) is 0 Å². The quantitative estimate of drug-likeness (QED) is 0.360. The van der Waals surface area contributed by atoms with E-state index in [1.54, 1.807) is 49.4 Å². The summed E-state index contributed by atoms with van der Waals surface area (Å²) in [4.78, 5) is 28.4. The molecule has 3 aromatic carbocycles. The lowest BCUT2D eigenvalue weighted by atomic mass is 10.0. The molecule has 0 radical (unpaired) electrons. The molecule has 0 aliphatic heterocycles. The molecule has 0 aliphatic rings. The van der Waals surface area contributed by atoms with Gasteiger partial charge in [-0.2, -0.15) is 0 Å². The monoisotopic (exact) mass is 537 g/mol. The van der Waals surface area contributed by atoms with Crippen LogP contribution >= 0.6 is 0 Å². The van der Waals surface area contributed by atoms with Crippen LogP contribution in [-0.4, -0.2) is 63.2 Å². The summed E-state index contributed by atoms with van der Waals surface area (Å²) in [6.07, 6.45) is 0.737. The van der Waals surface area contributed by atoms with Gasteiger partial charge in [0.25, 0.3) is 0 Å². The van der Waals surface area contributed by atoms with Crippen LogP contribution in [-0.2, 0) is 32.6 Å². The van der Waals surface area contributed by atoms with Crippen LogP contribution < -0.4 is 10.1 Å². The fraction of sp³-hybridized carbons (Fsp3) is 0.310. The van der Waals surface area contributed by atoms with Crippen molar-refractivity contribution < 1.29 is 22.7 Å². The molecule has 3 aromatic rings. The minimum absolute atomic E-state index is 0.0842. The molecule has 0 aromatic heterocycles. The molecule has 2 amide bonds. The van der Waals surface area contributed by atoms with Crippen molar-refractivity contribution >= 4 is 21.8 Å². The van der Waals surface area contributed by atoms with E-state index in [1.165, 1.54) is 11.4 Å². The molecular formula is C29H35N3O5S. The van der Waals surface area contributed by atoms with Crippen molar-refractivity contribution in [3.63, 3.8) is 0 Å². The first kappa shape index (κ1) is 28.9. The topological polar surface area (TPSA) is 96.0 Å². The zero-order chi connectivity index (χ0) is 27.5. The van der Waals surface area contributed by atoms with Crippen molar-refractivity contribution in [1.29, 1.82) is 0 Å². The third kappa shape index (κ3) is 7.66. The van der Waals surface area contributed by atoms with Gasteiger partial charge in [0.05, 0.1) is 12.0 Å². The highest BCUT2D eigenvalue weighted by atomic mass is 32.2. The van der Waals surface area contributed by atoms with Crippen LogP contribution in [0.15, 0.2) is 89.8 Å². The van der Waals surface area contributed by atoms with E-state index >= 15 is 0 Å².